The first-order valence-electron chi connectivity index (χ1n) is 12.1. The van der Waals surface area contributed by atoms with Crippen LogP contribution < -0.4 is 0 Å². The van der Waals surface area contributed by atoms with E-state index in [0.29, 0.717) is 5.56 Å². The van der Waals surface area contributed by atoms with E-state index >= 15 is 0 Å². The van der Waals surface area contributed by atoms with Crippen LogP contribution in [0.25, 0.3) is 55.8 Å². The quantitative estimate of drug-likeness (QED) is 0.249. The van der Waals surface area contributed by atoms with E-state index in [2.05, 4.69) is 57.4 Å². The van der Waals surface area contributed by atoms with Gasteiger partial charge in [-0.25, -0.2) is 0 Å². The van der Waals surface area contributed by atoms with Crippen molar-refractivity contribution in [2.75, 3.05) is 0 Å². The second-order valence-electron chi connectivity index (χ2n) is 8.77. The molecule has 0 aliphatic carbocycles. The molecule has 6 rings (SSSR count). The summed E-state index contributed by atoms with van der Waals surface area (Å²) >= 11 is 0. The molecule has 1 N–H and O–H groups in total. The topological polar surface area (TPSA) is 58.9 Å². The Morgan fingerprint density at radius 1 is 0.447 bits per heavy atom. The zero-order chi connectivity index (χ0) is 25.0. The molecular weight excluding hydrogens is 477 g/mol. The number of hydrogen-bond acceptors (Lipinski definition) is 4. The Morgan fingerprint density at radius 3 is 1.47 bits per heavy atom. The van der Waals surface area contributed by atoms with Crippen molar-refractivity contribution in [1.82, 2.24) is 15.0 Å². The first-order valence-corrected chi connectivity index (χ1v) is 12.1. The minimum absolute atomic E-state index is 0. The largest absolute Gasteiger partial charge is 0.507 e. The average molecular weight is 501 g/mol. The Balaban J connectivity index is 0.00000294. The predicted octanol–water partition coefficient (Wildman–Crippen LogP) is 7.53. The summed E-state index contributed by atoms with van der Waals surface area (Å²) in [5.41, 5.74) is 9.46. The van der Waals surface area contributed by atoms with Gasteiger partial charge >= 0.3 is 0 Å². The van der Waals surface area contributed by atoms with Gasteiger partial charge < -0.3 is 5.11 Å². The second-order valence-corrected chi connectivity index (χ2v) is 8.77. The molecule has 0 saturated heterocycles. The predicted molar refractivity (Wildman–Crippen MR) is 154 cm³/mol. The Bertz CT molecular complexity index is 1640. The molecular formula is C33H23N3NaO. The normalized spacial score (nSPS) is 10.5. The van der Waals surface area contributed by atoms with Gasteiger partial charge in [0.15, 0.2) is 0 Å². The fourth-order valence-corrected chi connectivity index (χ4v) is 4.50. The summed E-state index contributed by atoms with van der Waals surface area (Å²) < 4.78 is 0. The van der Waals surface area contributed by atoms with Gasteiger partial charge in [0.1, 0.15) is 5.75 Å². The summed E-state index contributed by atoms with van der Waals surface area (Å²) in [6.07, 6.45) is 9.00. The first-order chi connectivity index (χ1) is 18.3. The molecule has 0 amide bonds. The minimum Gasteiger partial charge on any atom is -0.507 e. The van der Waals surface area contributed by atoms with Crippen molar-refractivity contribution >= 4 is 29.6 Å². The van der Waals surface area contributed by atoms with E-state index < -0.39 is 0 Å². The van der Waals surface area contributed by atoms with Gasteiger partial charge in [-0.15, -0.1) is 0 Å². The van der Waals surface area contributed by atoms with E-state index in [0.717, 1.165) is 50.2 Å². The number of aromatic nitrogens is 3. The molecule has 0 aliphatic rings. The molecule has 177 valence electrons. The van der Waals surface area contributed by atoms with Crippen molar-refractivity contribution in [3.05, 3.63) is 134 Å². The third kappa shape index (κ3) is 5.29. The van der Waals surface area contributed by atoms with Gasteiger partial charge in [0.05, 0.1) is 5.69 Å². The van der Waals surface area contributed by atoms with Crippen LogP contribution in [0, 0.1) is 0 Å². The number of phenols is 1. The van der Waals surface area contributed by atoms with E-state index in [1.165, 1.54) is 0 Å². The maximum absolute atomic E-state index is 11.4. The third-order valence-corrected chi connectivity index (χ3v) is 6.45. The van der Waals surface area contributed by atoms with Crippen molar-refractivity contribution in [2.24, 2.45) is 0 Å². The molecule has 3 aromatic carbocycles. The first kappa shape index (κ1) is 25.6. The molecule has 0 atom stereocenters. The smallest absolute Gasteiger partial charge is 0.132 e. The molecule has 4 nitrogen and oxygen atoms in total. The number of rotatable bonds is 5. The molecule has 3 aromatic heterocycles. The molecule has 0 bridgehead atoms. The standard InChI is InChI=1S/C33H23N3O.Na/c37-33-30(26-14-12-24(13-15-26)28-6-4-17-35-22-28)19-29(20-31(33)32-7-1-2-18-36-32)25-10-8-23(9-11-25)27-5-3-16-34-21-27;/h1-22,37H;. The number of benzene rings is 3. The van der Waals surface area contributed by atoms with Crippen LogP contribution in [0.2, 0.25) is 0 Å². The Labute approximate surface area is 244 Å². The van der Waals surface area contributed by atoms with Crippen molar-refractivity contribution < 1.29 is 5.11 Å². The van der Waals surface area contributed by atoms with Crippen LogP contribution in [-0.2, 0) is 0 Å². The van der Waals surface area contributed by atoms with Crippen molar-refractivity contribution in [1.29, 1.82) is 0 Å². The SMILES string of the molecule is Oc1c(-c2ccc(-c3cccnc3)cc2)cc(-c2ccc(-c3cccnc3)cc2)cc1-c1ccccn1.[Na]. The number of pyridine rings is 3. The van der Waals surface area contributed by atoms with Crippen LogP contribution in [0.15, 0.2) is 134 Å². The summed E-state index contributed by atoms with van der Waals surface area (Å²) in [7, 11) is 0. The molecule has 0 unspecified atom stereocenters. The van der Waals surface area contributed by atoms with E-state index in [9.17, 15) is 5.11 Å². The van der Waals surface area contributed by atoms with Crippen LogP contribution in [0.3, 0.4) is 0 Å². The van der Waals surface area contributed by atoms with Crippen LogP contribution in [0.4, 0.5) is 0 Å². The maximum Gasteiger partial charge on any atom is 0.132 e. The number of nitrogens with zero attached hydrogens (tertiary/aromatic N) is 3. The summed E-state index contributed by atoms with van der Waals surface area (Å²) in [5.74, 6) is 0.212. The Kier molecular flexibility index (Phi) is 7.75. The minimum atomic E-state index is 0. The van der Waals surface area contributed by atoms with Gasteiger partial charge in [0.2, 0.25) is 0 Å². The van der Waals surface area contributed by atoms with Gasteiger partial charge in [-0.1, -0.05) is 66.7 Å². The van der Waals surface area contributed by atoms with Crippen LogP contribution in [0.1, 0.15) is 0 Å². The summed E-state index contributed by atoms with van der Waals surface area (Å²) in [5, 5.41) is 11.4. The van der Waals surface area contributed by atoms with Crippen LogP contribution >= 0.6 is 0 Å². The molecule has 0 aliphatic heterocycles. The molecule has 0 spiro atoms. The van der Waals surface area contributed by atoms with Gasteiger partial charge in [0.25, 0.3) is 0 Å². The molecule has 1 radical (unpaired) electrons. The van der Waals surface area contributed by atoms with Crippen LogP contribution in [0.5, 0.6) is 5.75 Å². The zero-order valence-corrected chi connectivity index (χ0v) is 23.0. The molecule has 0 saturated carbocycles. The number of aromatic hydroxyl groups is 1. The number of hydrogen-bond donors (Lipinski definition) is 1. The van der Waals surface area contributed by atoms with E-state index in [1.807, 2.05) is 73.1 Å². The van der Waals surface area contributed by atoms with Crippen LogP contribution in [-0.4, -0.2) is 49.6 Å². The van der Waals surface area contributed by atoms with Gasteiger partial charge in [-0.3, -0.25) is 15.0 Å². The van der Waals surface area contributed by atoms with E-state index in [-0.39, 0.29) is 35.3 Å². The molecule has 0 fully saturated rings. The summed E-state index contributed by atoms with van der Waals surface area (Å²) in [6.45, 7) is 0. The van der Waals surface area contributed by atoms with Gasteiger partial charge in [0, 0.05) is 71.7 Å². The fraction of sp³-hybridized carbons (Fsp3) is 0. The van der Waals surface area contributed by atoms with Gasteiger partial charge in [-0.2, -0.15) is 0 Å². The monoisotopic (exact) mass is 500 g/mol. The number of phenolic OH excluding ortho intramolecular Hbond substituents is 1. The van der Waals surface area contributed by atoms with Crippen molar-refractivity contribution in [3.63, 3.8) is 0 Å². The Hall–Kier alpha value is -4.09. The van der Waals surface area contributed by atoms with Gasteiger partial charge in [-0.05, 0) is 75.3 Å². The maximum atomic E-state index is 11.4. The third-order valence-electron chi connectivity index (χ3n) is 6.45. The van der Waals surface area contributed by atoms with E-state index in [1.54, 1.807) is 18.6 Å². The molecule has 38 heavy (non-hydrogen) atoms. The fourth-order valence-electron chi connectivity index (χ4n) is 4.50. The summed E-state index contributed by atoms with van der Waals surface area (Å²) in [4.78, 5) is 13.0. The van der Waals surface area contributed by atoms with Crippen molar-refractivity contribution in [3.8, 4) is 61.5 Å². The summed E-state index contributed by atoms with van der Waals surface area (Å²) in [6, 6.07) is 34.3. The Morgan fingerprint density at radius 2 is 0.974 bits per heavy atom. The molecule has 3 heterocycles. The zero-order valence-electron chi connectivity index (χ0n) is 21.0. The average Bonchev–Trinajstić information content (AvgIpc) is 2.99. The molecule has 6 aromatic rings. The molecule has 5 heteroatoms. The van der Waals surface area contributed by atoms with Crippen molar-refractivity contribution in [2.45, 2.75) is 0 Å². The second kappa shape index (κ2) is 11.5. The van der Waals surface area contributed by atoms with E-state index in [4.69, 9.17) is 0 Å².